The highest BCUT2D eigenvalue weighted by Crippen LogP contribution is 2.18. The van der Waals surface area contributed by atoms with Crippen molar-refractivity contribution in [2.45, 2.75) is 39.3 Å². The van der Waals surface area contributed by atoms with E-state index in [4.69, 9.17) is 9.41 Å². The topological polar surface area (TPSA) is 77.2 Å². The number of guanidine groups is 1. The summed E-state index contributed by atoms with van der Waals surface area (Å²) in [6, 6.07) is 9.83. The number of rotatable bonds is 6. The summed E-state index contributed by atoms with van der Waals surface area (Å²) in [6.45, 7) is 10.6. The molecule has 0 bridgehead atoms. The molecule has 3 heterocycles. The van der Waals surface area contributed by atoms with Crippen molar-refractivity contribution in [2.75, 3.05) is 45.8 Å². The molecule has 1 unspecified atom stereocenters. The third-order valence-electron chi connectivity index (χ3n) is 6.23. The smallest absolute Gasteiger partial charge is 0.239 e. The van der Waals surface area contributed by atoms with Crippen LogP contribution in [0.2, 0.25) is 0 Å². The second-order valence-corrected chi connectivity index (χ2v) is 8.41. The van der Waals surface area contributed by atoms with Gasteiger partial charge < -0.3 is 19.5 Å². The van der Waals surface area contributed by atoms with E-state index in [9.17, 15) is 4.79 Å². The van der Waals surface area contributed by atoms with Gasteiger partial charge in [-0.2, -0.15) is 0 Å². The molecular formula is C24H34N6O2. The van der Waals surface area contributed by atoms with Crippen LogP contribution in [-0.4, -0.2) is 83.4 Å². The van der Waals surface area contributed by atoms with Crippen molar-refractivity contribution in [3.8, 4) is 11.5 Å². The molecule has 0 aliphatic carbocycles. The Morgan fingerprint density at radius 3 is 2.50 bits per heavy atom. The maximum Gasteiger partial charge on any atom is 0.239 e. The van der Waals surface area contributed by atoms with Gasteiger partial charge >= 0.3 is 0 Å². The van der Waals surface area contributed by atoms with E-state index in [1.165, 1.54) is 0 Å². The van der Waals surface area contributed by atoms with E-state index in [0.29, 0.717) is 12.4 Å². The number of hydrogen-bond acceptors (Lipinski definition) is 5. The van der Waals surface area contributed by atoms with E-state index in [-0.39, 0.29) is 11.9 Å². The maximum absolute atomic E-state index is 12.7. The molecule has 0 spiro atoms. The number of aliphatic imine (C=N–C) groups is 1. The van der Waals surface area contributed by atoms with Crippen LogP contribution in [0.1, 0.15) is 32.4 Å². The number of hydrogen-bond donors (Lipinski definition) is 1. The van der Waals surface area contributed by atoms with Gasteiger partial charge in [-0.3, -0.25) is 9.69 Å². The minimum atomic E-state index is -0.0543. The molecule has 0 saturated carbocycles. The van der Waals surface area contributed by atoms with Crippen LogP contribution >= 0.6 is 0 Å². The number of oxazole rings is 1. The minimum Gasteiger partial charge on any atom is -0.444 e. The molecule has 4 rings (SSSR count). The van der Waals surface area contributed by atoms with Crippen molar-refractivity contribution < 1.29 is 9.21 Å². The molecule has 2 aliphatic heterocycles. The lowest BCUT2D eigenvalue weighted by Crippen LogP contribution is -2.57. The number of amides is 1. The number of nitrogens with one attached hydrogen (secondary N) is 1. The SMILES string of the molecule is CCNC(=NCc1coc(-c2ccccc2)n1)N1CCN(C(C)C(=O)N2CCCC2)CC1. The van der Waals surface area contributed by atoms with Gasteiger partial charge in [-0.1, -0.05) is 18.2 Å². The highest BCUT2D eigenvalue weighted by Gasteiger charge is 2.30. The molecule has 2 fully saturated rings. The van der Waals surface area contributed by atoms with E-state index in [1.807, 2.05) is 42.2 Å². The fraction of sp³-hybridized carbons (Fsp3) is 0.542. The van der Waals surface area contributed by atoms with E-state index in [2.05, 4.69) is 27.0 Å². The third-order valence-corrected chi connectivity index (χ3v) is 6.23. The zero-order valence-corrected chi connectivity index (χ0v) is 19.2. The number of piperazine rings is 1. The fourth-order valence-corrected chi connectivity index (χ4v) is 4.35. The molecule has 1 N–H and O–H groups in total. The number of benzene rings is 1. The van der Waals surface area contributed by atoms with Crippen LogP contribution in [0.25, 0.3) is 11.5 Å². The molecule has 2 aliphatic rings. The lowest BCUT2D eigenvalue weighted by atomic mass is 10.2. The zero-order chi connectivity index (χ0) is 22.3. The Kier molecular flexibility index (Phi) is 7.42. The van der Waals surface area contributed by atoms with Gasteiger partial charge in [0.2, 0.25) is 11.8 Å². The summed E-state index contributed by atoms with van der Waals surface area (Å²) in [5, 5.41) is 3.40. The quantitative estimate of drug-likeness (QED) is 0.551. The summed E-state index contributed by atoms with van der Waals surface area (Å²) in [5.41, 5.74) is 1.77. The van der Waals surface area contributed by atoms with Crippen molar-refractivity contribution >= 4 is 11.9 Å². The molecule has 8 nitrogen and oxygen atoms in total. The number of carbonyl (C=O) groups excluding carboxylic acids is 1. The molecule has 32 heavy (non-hydrogen) atoms. The number of nitrogens with zero attached hydrogens (tertiary/aromatic N) is 5. The standard InChI is InChI=1S/C24H34N6O2/c1-3-25-24(26-17-21-18-32-22(27-21)20-9-5-4-6-10-20)30-15-13-28(14-16-30)19(2)23(31)29-11-7-8-12-29/h4-6,9-10,18-19H,3,7-8,11-17H2,1-2H3,(H,25,26). The Hall–Kier alpha value is -2.87. The average molecular weight is 439 g/mol. The molecule has 1 aromatic heterocycles. The second kappa shape index (κ2) is 10.6. The van der Waals surface area contributed by atoms with Crippen LogP contribution in [0.15, 0.2) is 46.0 Å². The van der Waals surface area contributed by atoms with Gasteiger partial charge in [0.05, 0.1) is 12.6 Å². The first-order chi connectivity index (χ1) is 15.7. The molecule has 2 saturated heterocycles. The highest BCUT2D eigenvalue weighted by molar-refractivity contribution is 5.82. The average Bonchev–Trinajstić information content (AvgIpc) is 3.54. The number of aromatic nitrogens is 1. The van der Waals surface area contributed by atoms with E-state index in [0.717, 1.165) is 75.9 Å². The monoisotopic (exact) mass is 438 g/mol. The molecule has 1 amide bonds. The summed E-state index contributed by atoms with van der Waals surface area (Å²) in [7, 11) is 0. The predicted molar refractivity (Wildman–Crippen MR) is 125 cm³/mol. The zero-order valence-electron chi connectivity index (χ0n) is 19.2. The summed E-state index contributed by atoms with van der Waals surface area (Å²) in [4.78, 5) is 28.7. The summed E-state index contributed by atoms with van der Waals surface area (Å²) >= 11 is 0. The molecule has 2 aromatic rings. The summed E-state index contributed by atoms with van der Waals surface area (Å²) < 4.78 is 5.64. The third kappa shape index (κ3) is 5.30. The first-order valence-corrected chi connectivity index (χ1v) is 11.7. The first kappa shape index (κ1) is 22.3. The molecule has 0 radical (unpaired) electrons. The first-order valence-electron chi connectivity index (χ1n) is 11.7. The normalized spacial score (nSPS) is 18.8. The van der Waals surface area contributed by atoms with Crippen LogP contribution in [-0.2, 0) is 11.3 Å². The predicted octanol–water partition coefficient (Wildman–Crippen LogP) is 2.44. The van der Waals surface area contributed by atoms with Crippen LogP contribution in [0.4, 0.5) is 0 Å². The van der Waals surface area contributed by atoms with E-state index in [1.54, 1.807) is 6.26 Å². The maximum atomic E-state index is 12.7. The fourth-order valence-electron chi connectivity index (χ4n) is 4.35. The number of likely N-dealkylation sites (tertiary alicyclic amines) is 1. The molecular weight excluding hydrogens is 404 g/mol. The van der Waals surface area contributed by atoms with Crippen molar-refractivity contribution in [2.24, 2.45) is 4.99 Å². The van der Waals surface area contributed by atoms with Crippen LogP contribution < -0.4 is 5.32 Å². The summed E-state index contributed by atoms with van der Waals surface area (Å²) in [6.07, 6.45) is 3.94. The van der Waals surface area contributed by atoms with Crippen molar-refractivity contribution in [1.82, 2.24) is 25.0 Å². The molecule has 8 heteroatoms. The van der Waals surface area contributed by atoms with E-state index >= 15 is 0 Å². The Labute approximate surface area is 190 Å². The van der Waals surface area contributed by atoms with Gasteiger partial charge in [0, 0.05) is 51.4 Å². The van der Waals surface area contributed by atoms with Gasteiger partial charge in [0.25, 0.3) is 0 Å². The Balaban J connectivity index is 1.34. The van der Waals surface area contributed by atoms with Crippen molar-refractivity contribution in [3.05, 3.63) is 42.3 Å². The Morgan fingerprint density at radius 2 is 1.81 bits per heavy atom. The van der Waals surface area contributed by atoms with Gasteiger partial charge in [-0.05, 0) is 38.8 Å². The van der Waals surface area contributed by atoms with Gasteiger partial charge in [-0.25, -0.2) is 9.98 Å². The molecule has 172 valence electrons. The van der Waals surface area contributed by atoms with Crippen LogP contribution in [0, 0.1) is 0 Å². The van der Waals surface area contributed by atoms with Crippen molar-refractivity contribution in [3.63, 3.8) is 0 Å². The summed E-state index contributed by atoms with van der Waals surface area (Å²) in [5.74, 6) is 1.78. The van der Waals surface area contributed by atoms with Crippen molar-refractivity contribution in [1.29, 1.82) is 0 Å². The Morgan fingerprint density at radius 1 is 1.09 bits per heavy atom. The van der Waals surface area contributed by atoms with Gasteiger partial charge in [0.1, 0.15) is 12.0 Å². The lowest BCUT2D eigenvalue weighted by Gasteiger charge is -2.39. The van der Waals surface area contributed by atoms with E-state index < -0.39 is 0 Å². The molecule has 1 aromatic carbocycles. The molecule has 1 atom stereocenters. The minimum absolute atomic E-state index is 0.0543. The Bertz CT molecular complexity index is 898. The lowest BCUT2D eigenvalue weighted by molar-refractivity contribution is -0.135. The number of carbonyl (C=O) groups is 1. The largest absolute Gasteiger partial charge is 0.444 e. The van der Waals surface area contributed by atoms with Crippen LogP contribution in [0.3, 0.4) is 0 Å². The second-order valence-electron chi connectivity index (χ2n) is 8.41. The highest BCUT2D eigenvalue weighted by atomic mass is 16.3. The van der Waals surface area contributed by atoms with Crippen LogP contribution in [0.5, 0.6) is 0 Å². The van der Waals surface area contributed by atoms with Gasteiger partial charge in [-0.15, -0.1) is 0 Å². The van der Waals surface area contributed by atoms with Gasteiger partial charge in [0.15, 0.2) is 5.96 Å².